The van der Waals surface area contributed by atoms with Crippen LogP contribution in [0.4, 0.5) is 0 Å². The lowest BCUT2D eigenvalue weighted by Crippen LogP contribution is -2.45. The molecule has 0 aliphatic carbocycles. The van der Waals surface area contributed by atoms with Gasteiger partial charge in [-0.05, 0) is 31.9 Å². The molecular weight excluding hydrogens is 280 g/mol. The second-order valence-electron chi connectivity index (χ2n) is 4.89. The van der Waals surface area contributed by atoms with E-state index in [1.165, 1.54) is 4.31 Å². The van der Waals surface area contributed by atoms with Gasteiger partial charge >= 0.3 is 0 Å². The summed E-state index contributed by atoms with van der Waals surface area (Å²) < 4.78 is 30.3. The number of rotatable bonds is 5. The molecule has 0 spiro atoms. The van der Waals surface area contributed by atoms with Gasteiger partial charge in [0.2, 0.25) is 15.9 Å². The van der Waals surface area contributed by atoms with Gasteiger partial charge in [0.05, 0.1) is 24.5 Å². The molecule has 7 heteroatoms. The van der Waals surface area contributed by atoms with E-state index in [9.17, 15) is 13.2 Å². The van der Waals surface area contributed by atoms with Crippen LogP contribution in [0.25, 0.3) is 0 Å². The van der Waals surface area contributed by atoms with Gasteiger partial charge in [-0.2, -0.15) is 0 Å². The third-order valence-electron chi connectivity index (χ3n) is 3.53. The van der Waals surface area contributed by atoms with E-state index in [4.69, 9.17) is 4.42 Å². The summed E-state index contributed by atoms with van der Waals surface area (Å²) in [5, 5.41) is 2.79. The highest BCUT2D eigenvalue weighted by Gasteiger charge is 2.31. The van der Waals surface area contributed by atoms with Crippen LogP contribution in [-0.4, -0.2) is 37.5 Å². The van der Waals surface area contributed by atoms with Gasteiger partial charge in [-0.3, -0.25) is 4.79 Å². The minimum absolute atomic E-state index is 0.0771. The van der Waals surface area contributed by atoms with Crippen molar-refractivity contribution in [2.45, 2.75) is 26.3 Å². The number of hydrogen-bond acceptors (Lipinski definition) is 4. The van der Waals surface area contributed by atoms with E-state index in [2.05, 4.69) is 5.32 Å². The molecule has 1 fully saturated rings. The fraction of sp³-hybridized carbons (Fsp3) is 0.615. The van der Waals surface area contributed by atoms with E-state index >= 15 is 0 Å². The Balaban J connectivity index is 1.90. The maximum atomic E-state index is 12.1. The summed E-state index contributed by atoms with van der Waals surface area (Å²) in [6, 6.07) is 3.55. The van der Waals surface area contributed by atoms with Crippen molar-refractivity contribution in [1.82, 2.24) is 9.62 Å². The summed E-state index contributed by atoms with van der Waals surface area (Å²) in [5.74, 6) is 0.373. The zero-order valence-corrected chi connectivity index (χ0v) is 12.4. The maximum Gasteiger partial charge on any atom is 0.224 e. The number of amides is 1. The molecule has 20 heavy (non-hydrogen) atoms. The van der Waals surface area contributed by atoms with Crippen molar-refractivity contribution in [2.75, 3.05) is 18.8 Å². The van der Waals surface area contributed by atoms with Crippen LogP contribution >= 0.6 is 0 Å². The molecule has 0 aromatic carbocycles. The molecule has 1 N–H and O–H groups in total. The Bertz CT molecular complexity index is 539. The number of carbonyl (C=O) groups excluding carboxylic acids is 1. The van der Waals surface area contributed by atoms with Gasteiger partial charge in [-0.25, -0.2) is 12.7 Å². The first-order valence-electron chi connectivity index (χ1n) is 6.81. The van der Waals surface area contributed by atoms with Gasteiger partial charge in [0.25, 0.3) is 0 Å². The first-order chi connectivity index (χ1) is 9.53. The summed E-state index contributed by atoms with van der Waals surface area (Å²) in [4.78, 5) is 12.1. The van der Waals surface area contributed by atoms with Crippen molar-refractivity contribution < 1.29 is 17.6 Å². The highest BCUT2D eigenvalue weighted by Crippen LogP contribution is 2.19. The third-order valence-corrected chi connectivity index (χ3v) is 5.38. The van der Waals surface area contributed by atoms with Crippen molar-refractivity contribution in [3.8, 4) is 0 Å². The predicted octanol–water partition coefficient (Wildman–Crippen LogP) is 0.957. The number of carbonyl (C=O) groups is 1. The molecule has 1 aromatic heterocycles. The quantitative estimate of drug-likeness (QED) is 0.878. The molecule has 0 radical (unpaired) electrons. The summed E-state index contributed by atoms with van der Waals surface area (Å²) in [5.41, 5.74) is 0. The second kappa shape index (κ2) is 6.41. The summed E-state index contributed by atoms with van der Waals surface area (Å²) in [7, 11) is -3.21. The Kier molecular flexibility index (Phi) is 4.82. The van der Waals surface area contributed by atoms with E-state index in [0.717, 1.165) is 12.8 Å². The van der Waals surface area contributed by atoms with E-state index in [-0.39, 0.29) is 24.1 Å². The van der Waals surface area contributed by atoms with Crippen LogP contribution in [0.2, 0.25) is 0 Å². The van der Waals surface area contributed by atoms with Crippen LogP contribution in [0.1, 0.15) is 25.5 Å². The van der Waals surface area contributed by atoms with Gasteiger partial charge < -0.3 is 9.73 Å². The molecular formula is C13H20N2O4S. The molecule has 1 amide bonds. The van der Waals surface area contributed by atoms with Crippen molar-refractivity contribution in [3.63, 3.8) is 0 Å². The normalized spacial score (nSPS) is 20.8. The average molecular weight is 300 g/mol. The van der Waals surface area contributed by atoms with Crippen LogP contribution in [0.15, 0.2) is 22.8 Å². The van der Waals surface area contributed by atoms with Crippen molar-refractivity contribution in [2.24, 2.45) is 5.92 Å². The highest BCUT2D eigenvalue weighted by atomic mass is 32.2. The first kappa shape index (κ1) is 15.1. The van der Waals surface area contributed by atoms with E-state index in [0.29, 0.717) is 18.8 Å². The van der Waals surface area contributed by atoms with Crippen LogP contribution in [0.3, 0.4) is 0 Å². The Morgan fingerprint density at radius 2 is 2.35 bits per heavy atom. The summed E-state index contributed by atoms with van der Waals surface area (Å²) >= 11 is 0. The molecule has 0 saturated carbocycles. The predicted molar refractivity (Wildman–Crippen MR) is 74.3 cm³/mol. The number of furan rings is 1. The maximum absolute atomic E-state index is 12.1. The molecule has 1 aromatic rings. The monoisotopic (exact) mass is 300 g/mol. The van der Waals surface area contributed by atoms with E-state index < -0.39 is 10.0 Å². The Morgan fingerprint density at radius 3 is 3.00 bits per heavy atom. The van der Waals surface area contributed by atoms with E-state index in [1.807, 2.05) is 0 Å². The van der Waals surface area contributed by atoms with E-state index in [1.54, 1.807) is 25.3 Å². The molecule has 6 nitrogen and oxygen atoms in total. The van der Waals surface area contributed by atoms with Crippen LogP contribution < -0.4 is 5.32 Å². The fourth-order valence-electron chi connectivity index (χ4n) is 2.32. The highest BCUT2D eigenvalue weighted by molar-refractivity contribution is 7.89. The van der Waals surface area contributed by atoms with Gasteiger partial charge in [0.1, 0.15) is 5.76 Å². The summed E-state index contributed by atoms with van der Waals surface area (Å²) in [6.45, 7) is 2.75. The van der Waals surface area contributed by atoms with Gasteiger partial charge in [0.15, 0.2) is 0 Å². The Hall–Kier alpha value is -1.34. The smallest absolute Gasteiger partial charge is 0.224 e. The molecule has 1 atom stereocenters. The summed E-state index contributed by atoms with van der Waals surface area (Å²) in [6.07, 6.45) is 3.00. The minimum atomic E-state index is -3.21. The zero-order valence-electron chi connectivity index (χ0n) is 11.5. The lowest BCUT2D eigenvalue weighted by Gasteiger charge is -2.30. The SMILES string of the molecule is CCS(=O)(=O)N1CCC[C@H](C(=O)NCc2ccco2)C1. The number of nitrogens with zero attached hydrogens (tertiary/aromatic N) is 1. The molecule has 1 aliphatic heterocycles. The standard InChI is InChI=1S/C13H20N2O4S/c1-2-20(17,18)15-7-3-5-11(10-15)13(16)14-9-12-6-4-8-19-12/h4,6,8,11H,2-3,5,7,9-10H2,1H3,(H,14,16)/t11-/m0/s1. The zero-order chi connectivity index (χ0) is 14.6. The molecule has 2 rings (SSSR count). The molecule has 112 valence electrons. The van der Waals surface area contributed by atoms with Gasteiger partial charge in [0, 0.05) is 13.1 Å². The van der Waals surface area contributed by atoms with Gasteiger partial charge in [-0.1, -0.05) is 0 Å². The van der Waals surface area contributed by atoms with Gasteiger partial charge in [-0.15, -0.1) is 0 Å². The average Bonchev–Trinajstić information content (AvgIpc) is 2.98. The van der Waals surface area contributed by atoms with Crippen molar-refractivity contribution >= 4 is 15.9 Å². The Morgan fingerprint density at radius 1 is 1.55 bits per heavy atom. The third kappa shape index (κ3) is 3.61. The molecule has 1 saturated heterocycles. The minimum Gasteiger partial charge on any atom is -0.467 e. The largest absolute Gasteiger partial charge is 0.467 e. The lowest BCUT2D eigenvalue weighted by molar-refractivity contribution is -0.126. The topological polar surface area (TPSA) is 79.6 Å². The number of piperidine rings is 1. The van der Waals surface area contributed by atoms with Crippen molar-refractivity contribution in [3.05, 3.63) is 24.2 Å². The van der Waals surface area contributed by atoms with Crippen LogP contribution in [0, 0.1) is 5.92 Å². The molecule has 1 aliphatic rings. The number of sulfonamides is 1. The first-order valence-corrected chi connectivity index (χ1v) is 8.41. The van der Waals surface area contributed by atoms with Crippen LogP contribution in [0.5, 0.6) is 0 Å². The van der Waals surface area contributed by atoms with Crippen molar-refractivity contribution in [1.29, 1.82) is 0 Å². The molecule has 0 unspecified atom stereocenters. The molecule has 2 heterocycles. The molecule has 0 bridgehead atoms. The Labute approximate surface area is 119 Å². The van der Waals surface area contributed by atoms with Crippen LogP contribution in [-0.2, 0) is 21.4 Å². The fourth-order valence-corrected chi connectivity index (χ4v) is 3.50. The number of nitrogens with one attached hydrogen (secondary N) is 1. The lowest BCUT2D eigenvalue weighted by atomic mass is 9.99. The number of hydrogen-bond donors (Lipinski definition) is 1. The second-order valence-corrected chi connectivity index (χ2v) is 7.15.